The van der Waals surface area contributed by atoms with Crippen molar-refractivity contribution in [1.82, 2.24) is 15.0 Å². The maximum Gasteiger partial charge on any atom is 0.244 e. The molecule has 0 aliphatic carbocycles. The maximum absolute atomic E-state index is 5.93. The molecule has 3 heterocycles. The number of ether oxygens (including phenoxy) is 2. The van der Waals surface area contributed by atoms with Crippen molar-refractivity contribution in [1.29, 1.82) is 0 Å². The van der Waals surface area contributed by atoms with Crippen LogP contribution < -0.4 is 0 Å². The molecule has 1 spiro atoms. The molecule has 2 aliphatic rings. The molecule has 0 bridgehead atoms. The molecule has 2 aromatic rings. The lowest BCUT2D eigenvalue weighted by Gasteiger charge is -2.39. The third kappa shape index (κ3) is 3.54. The summed E-state index contributed by atoms with van der Waals surface area (Å²) in [7, 11) is 0. The zero-order valence-electron chi connectivity index (χ0n) is 15.6. The van der Waals surface area contributed by atoms with Gasteiger partial charge in [-0.15, -0.1) is 0 Å². The molecule has 0 N–H and O–H groups in total. The molecule has 0 radical (unpaired) electrons. The first-order valence-corrected chi connectivity index (χ1v) is 9.46. The molecule has 140 valence electrons. The average Bonchev–Trinajstić information content (AvgIpc) is 3.06. The van der Waals surface area contributed by atoms with E-state index in [2.05, 4.69) is 30.0 Å². The van der Waals surface area contributed by atoms with Gasteiger partial charge in [-0.1, -0.05) is 29.4 Å². The van der Waals surface area contributed by atoms with Crippen LogP contribution in [0.15, 0.2) is 28.8 Å². The van der Waals surface area contributed by atoms with E-state index < -0.39 is 0 Å². The van der Waals surface area contributed by atoms with Gasteiger partial charge in [-0.2, -0.15) is 4.98 Å². The van der Waals surface area contributed by atoms with E-state index >= 15 is 0 Å². The van der Waals surface area contributed by atoms with Gasteiger partial charge in [0.05, 0.1) is 19.3 Å². The van der Waals surface area contributed by atoms with Gasteiger partial charge in [-0.25, -0.2) is 0 Å². The van der Waals surface area contributed by atoms with Crippen LogP contribution in [-0.2, 0) is 9.47 Å². The van der Waals surface area contributed by atoms with Gasteiger partial charge < -0.3 is 14.0 Å². The molecule has 1 unspecified atom stereocenters. The van der Waals surface area contributed by atoms with Crippen LogP contribution in [0.1, 0.15) is 37.3 Å². The molecule has 1 aromatic heterocycles. The Balaban J connectivity index is 1.53. The van der Waals surface area contributed by atoms with Gasteiger partial charge in [0, 0.05) is 37.3 Å². The molecule has 4 rings (SSSR count). The van der Waals surface area contributed by atoms with Crippen LogP contribution in [0.5, 0.6) is 0 Å². The van der Waals surface area contributed by atoms with Crippen LogP contribution in [0.25, 0.3) is 11.4 Å². The SMILES string of the molecule is Cc1ccccc1-c1noc(C(C)N2CCOCC3(CCOCC3)C2)n1. The van der Waals surface area contributed by atoms with Crippen LogP contribution in [0.3, 0.4) is 0 Å². The van der Waals surface area contributed by atoms with E-state index in [-0.39, 0.29) is 11.5 Å². The summed E-state index contributed by atoms with van der Waals surface area (Å²) >= 11 is 0. The van der Waals surface area contributed by atoms with Crippen LogP contribution in [0.4, 0.5) is 0 Å². The van der Waals surface area contributed by atoms with E-state index in [0.29, 0.717) is 11.7 Å². The van der Waals surface area contributed by atoms with Gasteiger partial charge in [-0.3, -0.25) is 4.90 Å². The molecule has 0 amide bonds. The Labute approximate surface area is 154 Å². The monoisotopic (exact) mass is 357 g/mol. The van der Waals surface area contributed by atoms with E-state index in [1.165, 1.54) is 0 Å². The predicted molar refractivity (Wildman–Crippen MR) is 97.8 cm³/mol. The first-order valence-electron chi connectivity index (χ1n) is 9.46. The highest BCUT2D eigenvalue weighted by Gasteiger charge is 2.38. The molecule has 26 heavy (non-hydrogen) atoms. The predicted octanol–water partition coefficient (Wildman–Crippen LogP) is 3.24. The van der Waals surface area contributed by atoms with Gasteiger partial charge in [0.2, 0.25) is 11.7 Å². The van der Waals surface area contributed by atoms with E-state index in [1.807, 2.05) is 18.2 Å². The van der Waals surface area contributed by atoms with E-state index in [0.717, 1.165) is 63.5 Å². The van der Waals surface area contributed by atoms with E-state index in [9.17, 15) is 0 Å². The van der Waals surface area contributed by atoms with Crippen molar-refractivity contribution >= 4 is 0 Å². The fourth-order valence-electron chi connectivity index (χ4n) is 3.96. The van der Waals surface area contributed by atoms with Crippen molar-refractivity contribution in [2.45, 2.75) is 32.7 Å². The third-order valence-electron chi connectivity index (χ3n) is 5.76. The van der Waals surface area contributed by atoms with Crippen molar-refractivity contribution in [3.05, 3.63) is 35.7 Å². The maximum atomic E-state index is 5.93. The molecular formula is C20H27N3O3. The van der Waals surface area contributed by atoms with Crippen LogP contribution in [0.2, 0.25) is 0 Å². The molecule has 1 aromatic carbocycles. The fraction of sp³-hybridized carbons (Fsp3) is 0.600. The lowest BCUT2D eigenvalue weighted by molar-refractivity contribution is -0.0345. The van der Waals surface area contributed by atoms with Crippen molar-refractivity contribution in [2.75, 3.05) is 39.5 Å². The summed E-state index contributed by atoms with van der Waals surface area (Å²) in [4.78, 5) is 7.12. The summed E-state index contributed by atoms with van der Waals surface area (Å²) < 4.78 is 17.1. The van der Waals surface area contributed by atoms with Crippen LogP contribution in [0, 0.1) is 12.3 Å². The molecule has 1 atom stereocenters. The Morgan fingerprint density at radius 3 is 2.73 bits per heavy atom. The van der Waals surface area contributed by atoms with Crippen molar-refractivity contribution < 1.29 is 14.0 Å². The van der Waals surface area contributed by atoms with Crippen LogP contribution >= 0.6 is 0 Å². The molecule has 0 saturated carbocycles. The number of aromatic nitrogens is 2. The van der Waals surface area contributed by atoms with Gasteiger partial charge in [0.1, 0.15) is 0 Å². The lowest BCUT2D eigenvalue weighted by atomic mass is 9.80. The Bertz CT molecular complexity index is 739. The summed E-state index contributed by atoms with van der Waals surface area (Å²) in [6.45, 7) is 9.28. The number of hydrogen-bond acceptors (Lipinski definition) is 6. The highest BCUT2D eigenvalue weighted by atomic mass is 16.5. The molecule has 2 fully saturated rings. The Morgan fingerprint density at radius 2 is 1.92 bits per heavy atom. The second kappa shape index (κ2) is 7.47. The minimum Gasteiger partial charge on any atom is -0.381 e. The number of rotatable bonds is 3. The summed E-state index contributed by atoms with van der Waals surface area (Å²) in [6.07, 6.45) is 2.10. The summed E-state index contributed by atoms with van der Waals surface area (Å²) in [6, 6.07) is 8.19. The largest absolute Gasteiger partial charge is 0.381 e. The minimum atomic E-state index is 0.0710. The summed E-state index contributed by atoms with van der Waals surface area (Å²) in [5, 5.41) is 4.23. The molecule has 6 nitrogen and oxygen atoms in total. The first-order chi connectivity index (χ1) is 12.7. The fourth-order valence-corrected chi connectivity index (χ4v) is 3.96. The smallest absolute Gasteiger partial charge is 0.244 e. The molecule has 2 aliphatic heterocycles. The number of hydrogen-bond donors (Lipinski definition) is 0. The Hall–Kier alpha value is -1.76. The standard InChI is InChI=1S/C20H27N3O3/c1-15-5-3-4-6-17(15)18-21-19(26-22-18)16(2)23-9-12-25-14-20(13-23)7-10-24-11-8-20/h3-6,16H,7-14H2,1-2H3. The normalized spacial score (nSPS) is 22.2. The Morgan fingerprint density at radius 1 is 1.12 bits per heavy atom. The number of benzene rings is 1. The summed E-state index contributed by atoms with van der Waals surface area (Å²) in [5.41, 5.74) is 2.36. The zero-order valence-corrected chi connectivity index (χ0v) is 15.6. The Kier molecular flexibility index (Phi) is 5.07. The van der Waals surface area contributed by atoms with Gasteiger partial charge >= 0.3 is 0 Å². The van der Waals surface area contributed by atoms with Gasteiger partial charge in [-0.05, 0) is 32.3 Å². The molecule has 6 heteroatoms. The van der Waals surface area contributed by atoms with E-state index in [4.69, 9.17) is 19.0 Å². The highest BCUT2D eigenvalue weighted by molar-refractivity contribution is 5.58. The van der Waals surface area contributed by atoms with Crippen molar-refractivity contribution in [2.24, 2.45) is 5.41 Å². The topological polar surface area (TPSA) is 60.6 Å². The summed E-state index contributed by atoms with van der Waals surface area (Å²) in [5.74, 6) is 1.34. The van der Waals surface area contributed by atoms with Gasteiger partial charge in [0.15, 0.2) is 0 Å². The zero-order chi connectivity index (χ0) is 18.0. The molecule has 2 saturated heterocycles. The second-order valence-electron chi connectivity index (χ2n) is 7.58. The number of aryl methyl sites for hydroxylation is 1. The van der Waals surface area contributed by atoms with Gasteiger partial charge in [0.25, 0.3) is 0 Å². The second-order valence-corrected chi connectivity index (χ2v) is 7.58. The highest BCUT2D eigenvalue weighted by Crippen LogP contribution is 2.36. The lowest BCUT2D eigenvalue weighted by Crippen LogP contribution is -2.43. The first kappa shape index (κ1) is 17.6. The molecular weight excluding hydrogens is 330 g/mol. The third-order valence-corrected chi connectivity index (χ3v) is 5.76. The van der Waals surface area contributed by atoms with E-state index in [1.54, 1.807) is 0 Å². The van der Waals surface area contributed by atoms with Crippen LogP contribution in [-0.4, -0.2) is 54.6 Å². The minimum absolute atomic E-state index is 0.0710. The van der Waals surface area contributed by atoms with Crippen molar-refractivity contribution in [3.63, 3.8) is 0 Å². The van der Waals surface area contributed by atoms with Crippen molar-refractivity contribution in [3.8, 4) is 11.4 Å². The average molecular weight is 357 g/mol. The number of nitrogens with zero attached hydrogens (tertiary/aromatic N) is 3. The quantitative estimate of drug-likeness (QED) is 0.840.